The lowest BCUT2D eigenvalue weighted by Crippen LogP contribution is -2.44. The van der Waals surface area contributed by atoms with E-state index in [-0.39, 0.29) is 12.3 Å². The second kappa shape index (κ2) is 6.11. The van der Waals surface area contributed by atoms with E-state index < -0.39 is 0 Å². The van der Waals surface area contributed by atoms with Crippen LogP contribution in [-0.2, 0) is 0 Å². The van der Waals surface area contributed by atoms with Crippen LogP contribution in [-0.4, -0.2) is 11.6 Å². The van der Waals surface area contributed by atoms with Crippen LogP contribution in [0.3, 0.4) is 0 Å². The first kappa shape index (κ1) is 15.7. The third-order valence-electron chi connectivity index (χ3n) is 5.74. The van der Waals surface area contributed by atoms with E-state index in [9.17, 15) is 0 Å². The number of hydrogen-bond donors (Lipinski definition) is 0. The van der Waals surface area contributed by atoms with Gasteiger partial charge in [-0.15, -0.1) is 0 Å². The van der Waals surface area contributed by atoms with Gasteiger partial charge in [-0.1, -0.05) is 78.9 Å². The first-order valence-corrected chi connectivity index (χ1v) is 9.61. The predicted molar refractivity (Wildman–Crippen MR) is 109 cm³/mol. The molecule has 2 aliphatic rings. The van der Waals surface area contributed by atoms with Crippen LogP contribution in [0.1, 0.15) is 29.0 Å². The molecule has 0 fully saturated rings. The van der Waals surface area contributed by atoms with Crippen molar-refractivity contribution in [2.75, 3.05) is 6.73 Å². The number of benzene rings is 4. The maximum Gasteiger partial charge on any atom is 0.182 e. The fourth-order valence-electron chi connectivity index (χ4n) is 4.48. The predicted octanol–water partition coefficient (Wildman–Crippen LogP) is 5.67. The molecular weight excluding hydrogens is 346 g/mol. The molecule has 136 valence electrons. The van der Waals surface area contributed by atoms with Crippen molar-refractivity contribution >= 4 is 10.8 Å². The number of nitrogens with zero attached hydrogens (tertiary/aromatic N) is 1. The van der Waals surface area contributed by atoms with Crippen LogP contribution in [0.5, 0.6) is 11.5 Å². The van der Waals surface area contributed by atoms with Crippen LogP contribution in [0.25, 0.3) is 10.8 Å². The molecule has 2 aliphatic heterocycles. The molecule has 0 aromatic heterocycles. The van der Waals surface area contributed by atoms with Gasteiger partial charge in [0.2, 0.25) is 0 Å². The lowest BCUT2D eigenvalue weighted by molar-refractivity contribution is -0.0721. The summed E-state index contributed by atoms with van der Waals surface area (Å²) in [7, 11) is 0. The SMILES string of the molecule is c1ccc([C@@H]2Oc3ccccc3[C@H]3c4c(ccc5ccccc45)OCN32)cc1. The molecule has 2 atom stereocenters. The molecule has 0 saturated carbocycles. The Morgan fingerprint density at radius 3 is 2.43 bits per heavy atom. The van der Waals surface area contributed by atoms with E-state index in [2.05, 4.69) is 83.8 Å². The number of hydrogen-bond acceptors (Lipinski definition) is 3. The molecule has 0 N–H and O–H groups in total. The lowest BCUT2D eigenvalue weighted by atomic mass is 9.89. The van der Waals surface area contributed by atoms with E-state index in [0.717, 1.165) is 17.1 Å². The molecular formula is C25H19NO2. The summed E-state index contributed by atoms with van der Waals surface area (Å²) in [5.41, 5.74) is 3.55. The second-order valence-corrected chi connectivity index (χ2v) is 7.31. The summed E-state index contributed by atoms with van der Waals surface area (Å²) < 4.78 is 12.7. The zero-order chi connectivity index (χ0) is 18.5. The summed E-state index contributed by atoms with van der Waals surface area (Å²) in [5.74, 6) is 1.90. The van der Waals surface area contributed by atoms with Gasteiger partial charge in [0.05, 0.1) is 6.04 Å². The minimum Gasteiger partial charge on any atom is -0.478 e. The van der Waals surface area contributed by atoms with Crippen LogP contribution in [0, 0.1) is 0 Å². The molecule has 6 rings (SSSR count). The first-order valence-electron chi connectivity index (χ1n) is 9.61. The molecule has 0 unspecified atom stereocenters. The van der Waals surface area contributed by atoms with Crippen LogP contribution in [0.15, 0.2) is 91.0 Å². The Hall–Kier alpha value is -3.30. The summed E-state index contributed by atoms with van der Waals surface area (Å²) in [4.78, 5) is 2.31. The van der Waals surface area contributed by atoms with E-state index in [0.29, 0.717) is 6.73 Å². The van der Waals surface area contributed by atoms with Crippen LogP contribution < -0.4 is 9.47 Å². The lowest BCUT2D eigenvalue weighted by Gasteiger charge is -2.46. The van der Waals surface area contributed by atoms with Gasteiger partial charge in [0, 0.05) is 16.7 Å². The van der Waals surface area contributed by atoms with Crippen molar-refractivity contribution < 1.29 is 9.47 Å². The Labute approximate surface area is 163 Å². The molecule has 28 heavy (non-hydrogen) atoms. The molecule has 0 radical (unpaired) electrons. The summed E-state index contributed by atoms with van der Waals surface area (Å²) in [5, 5.41) is 2.46. The topological polar surface area (TPSA) is 21.7 Å². The fourth-order valence-corrected chi connectivity index (χ4v) is 4.48. The van der Waals surface area contributed by atoms with Gasteiger partial charge in [0.25, 0.3) is 0 Å². The maximum atomic E-state index is 6.46. The van der Waals surface area contributed by atoms with Crippen molar-refractivity contribution in [3.05, 3.63) is 108 Å². The third-order valence-corrected chi connectivity index (χ3v) is 5.74. The summed E-state index contributed by atoms with van der Waals surface area (Å²) >= 11 is 0. The van der Waals surface area contributed by atoms with Gasteiger partial charge < -0.3 is 9.47 Å². The minimum absolute atomic E-state index is 0.0880. The van der Waals surface area contributed by atoms with Crippen molar-refractivity contribution in [3.8, 4) is 11.5 Å². The molecule has 0 spiro atoms. The van der Waals surface area contributed by atoms with Crippen LogP contribution >= 0.6 is 0 Å². The van der Waals surface area contributed by atoms with Crippen molar-refractivity contribution in [3.63, 3.8) is 0 Å². The van der Waals surface area contributed by atoms with Crippen molar-refractivity contribution in [1.29, 1.82) is 0 Å². The normalized spacial score (nSPS) is 20.4. The van der Waals surface area contributed by atoms with Crippen molar-refractivity contribution in [2.45, 2.75) is 12.3 Å². The summed E-state index contributed by atoms with van der Waals surface area (Å²) in [6.07, 6.45) is -0.187. The molecule has 3 heteroatoms. The summed E-state index contributed by atoms with van der Waals surface area (Å²) in [6.45, 7) is 0.490. The number of fused-ring (bicyclic) bond motifs is 7. The smallest absolute Gasteiger partial charge is 0.182 e. The van der Waals surface area contributed by atoms with E-state index in [1.54, 1.807) is 0 Å². The van der Waals surface area contributed by atoms with E-state index in [4.69, 9.17) is 9.47 Å². The van der Waals surface area contributed by atoms with Gasteiger partial charge in [-0.3, -0.25) is 0 Å². The second-order valence-electron chi connectivity index (χ2n) is 7.31. The third kappa shape index (κ3) is 2.26. The highest BCUT2D eigenvalue weighted by atomic mass is 16.5. The van der Waals surface area contributed by atoms with Gasteiger partial charge in [-0.05, 0) is 22.9 Å². The monoisotopic (exact) mass is 365 g/mol. The average Bonchev–Trinajstić information content (AvgIpc) is 2.78. The zero-order valence-corrected chi connectivity index (χ0v) is 15.3. The van der Waals surface area contributed by atoms with Crippen LogP contribution in [0.4, 0.5) is 0 Å². The molecule has 0 bridgehead atoms. The number of para-hydroxylation sites is 1. The number of rotatable bonds is 1. The quantitative estimate of drug-likeness (QED) is 0.434. The molecule has 2 heterocycles. The Morgan fingerprint density at radius 1 is 0.714 bits per heavy atom. The molecule has 0 saturated heterocycles. The van der Waals surface area contributed by atoms with E-state index in [1.807, 2.05) is 12.1 Å². The molecule has 3 nitrogen and oxygen atoms in total. The van der Waals surface area contributed by atoms with Gasteiger partial charge in [-0.25, -0.2) is 4.90 Å². The molecule has 4 aromatic carbocycles. The van der Waals surface area contributed by atoms with E-state index in [1.165, 1.54) is 21.9 Å². The van der Waals surface area contributed by atoms with E-state index >= 15 is 0 Å². The van der Waals surface area contributed by atoms with Gasteiger partial charge in [0.15, 0.2) is 6.23 Å². The maximum absolute atomic E-state index is 6.46. The zero-order valence-electron chi connectivity index (χ0n) is 15.3. The standard InChI is InChI=1S/C25H19NO2/c1-2-9-18(10-3-1)25-26-16-27-22-15-14-17-8-4-5-11-19(17)23(22)24(26)20-12-6-7-13-21(20)28-25/h1-15,24-25H,16H2/t24-,25-/m0/s1. The van der Waals surface area contributed by atoms with Gasteiger partial charge in [0.1, 0.15) is 18.2 Å². The molecule has 4 aromatic rings. The van der Waals surface area contributed by atoms with Crippen LogP contribution in [0.2, 0.25) is 0 Å². The van der Waals surface area contributed by atoms with Gasteiger partial charge >= 0.3 is 0 Å². The van der Waals surface area contributed by atoms with Gasteiger partial charge in [-0.2, -0.15) is 0 Å². The largest absolute Gasteiger partial charge is 0.478 e. The van der Waals surface area contributed by atoms with Crippen molar-refractivity contribution in [1.82, 2.24) is 4.90 Å². The summed E-state index contributed by atoms with van der Waals surface area (Å²) in [6, 6.07) is 31.6. The highest BCUT2D eigenvalue weighted by Crippen LogP contribution is 2.51. The fraction of sp³-hybridized carbons (Fsp3) is 0.120. The molecule has 0 aliphatic carbocycles. The Morgan fingerprint density at radius 2 is 1.50 bits per heavy atom. The highest BCUT2D eigenvalue weighted by molar-refractivity contribution is 5.89. The number of ether oxygens (including phenoxy) is 2. The Balaban J connectivity index is 1.62. The minimum atomic E-state index is -0.187. The Kier molecular flexibility index (Phi) is 3.43. The molecule has 0 amide bonds. The highest BCUT2D eigenvalue weighted by Gasteiger charge is 2.42. The first-order chi connectivity index (χ1) is 13.9. The average molecular weight is 365 g/mol. The Bertz CT molecular complexity index is 1170. The van der Waals surface area contributed by atoms with Crippen molar-refractivity contribution in [2.24, 2.45) is 0 Å².